The Morgan fingerprint density at radius 3 is 2.75 bits per heavy atom. The lowest BCUT2D eigenvalue weighted by Gasteiger charge is -2.12. The normalized spacial score (nSPS) is 12.5. The molecule has 1 rings (SSSR count). The van der Waals surface area contributed by atoms with Gasteiger partial charge in [0.2, 0.25) is 0 Å². The molecule has 0 saturated carbocycles. The van der Waals surface area contributed by atoms with Crippen molar-refractivity contribution in [3.05, 3.63) is 35.1 Å². The maximum atomic E-state index is 13.0. The van der Waals surface area contributed by atoms with Crippen molar-refractivity contribution < 1.29 is 9.18 Å². The van der Waals surface area contributed by atoms with Gasteiger partial charge in [-0.1, -0.05) is 13.0 Å². The Hall–Kier alpha value is -1.22. The van der Waals surface area contributed by atoms with Crippen molar-refractivity contribution in [1.29, 1.82) is 0 Å². The number of rotatable bonds is 5. The van der Waals surface area contributed by atoms with Crippen molar-refractivity contribution in [1.82, 2.24) is 0 Å². The lowest BCUT2D eigenvalue weighted by Crippen LogP contribution is -2.24. The molecule has 88 valence electrons. The lowest BCUT2D eigenvalue weighted by atomic mass is 9.94. The summed E-state index contributed by atoms with van der Waals surface area (Å²) in [5, 5.41) is 0. The van der Waals surface area contributed by atoms with Gasteiger partial charge < -0.3 is 5.73 Å². The molecule has 0 saturated heterocycles. The first-order chi connectivity index (χ1) is 7.58. The van der Waals surface area contributed by atoms with E-state index in [9.17, 15) is 9.18 Å². The van der Waals surface area contributed by atoms with Gasteiger partial charge in [0.05, 0.1) is 0 Å². The number of hydrogen-bond donors (Lipinski definition) is 1. The number of hydrogen-bond acceptors (Lipinski definition) is 2. The molecule has 0 fully saturated rings. The molecule has 0 aliphatic rings. The summed E-state index contributed by atoms with van der Waals surface area (Å²) in [5.74, 6) is -0.310. The first kappa shape index (κ1) is 12.8. The zero-order valence-corrected chi connectivity index (χ0v) is 9.79. The Kier molecular flexibility index (Phi) is 4.62. The van der Waals surface area contributed by atoms with Gasteiger partial charge in [0.1, 0.15) is 11.6 Å². The summed E-state index contributed by atoms with van der Waals surface area (Å²) >= 11 is 0. The van der Waals surface area contributed by atoms with E-state index in [4.69, 9.17) is 5.73 Å². The molecule has 0 aliphatic heterocycles. The van der Waals surface area contributed by atoms with E-state index in [1.165, 1.54) is 12.1 Å². The summed E-state index contributed by atoms with van der Waals surface area (Å²) in [6.45, 7) is 4.18. The Morgan fingerprint density at radius 2 is 2.19 bits per heavy atom. The van der Waals surface area contributed by atoms with Gasteiger partial charge in [-0.25, -0.2) is 4.39 Å². The third-order valence-electron chi connectivity index (χ3n) is 2.91. The van der Waals surface area contributed by atoms with Gasteiger partial charge in [-0.2, -0.15) is 0 Å². The number of halogens is 1. The molecule has 0 heterocycles. The van der Waals surface area contributed by atoms with Crippen LogP contribution in [-0.4, -0.2) is 12.3 Å². The van der Waals surface area contributed by atoms with E-state index in [1.54, 1.807) is 6.07 Å². The van der Waals surface area contributed by atoms with Crippen LogP contribution in [0.15, 0.2) is 18.2 Å². The molecule has 0 bridgehead atoms. The minimum absolute atomic E-state index is 0.0960. The third-order valence-corrected chi connectivity index (χ3v) is 2.91. The highest BCUT2D eigenvalue weighted by Crippen LogP contribution is 2.14. The number of ketones is 1. The predicted molar refractivity (Wildman–Crippen MR) is 62.7 cm³/mol. The minimum atomic E-state index is -0.297. The number of nitrogens with two attached hydrogens (primary N) is 1. The summed E-state index contributed by atoms with van der Waals surface area (Å²) in [7, 11) is 0. The van der Waals surface area contributed by atoms with Crippen LogP contribution in [0.5, 0.6) is 0 Å². The topological polar surface area (TPSA) is 43.1 Å². The molecule has 2 N–H and O–H groups in total. The molecule has 2 nitrogen and oxygen atoms in total. The monoisotopic (exact) mass is 223 g/mol. The van der Waals surface area contributed by atoms with Gasteiger partial charge in [0, 0.05) is 18.9 Å². The van der Waals surface area contributed by atoms with Gasteiger partial charge in [-0.3, -0.25) is 4.79 Å². The molecule has 1 aromatic carbocycles. The number of benzene rings is 1. The van der Waals surface area contributed by atoms with Crippen molar-refractivity contribution in [2.24, 2.45) is 11.7 Å². The standard InChI is InChI=1S/C13H18FNO/c1-3-10(8-15)13(16)7-11-6-12(14)5-4-9(11)2/h4-6,10H,3,7-8,15H2,1-2H3. The van der Waals surface area contributed by atoms with Crippen LogP contribution in [0.4, 0.5) is 4.39 Å². The van der Waals surface area contributed by atoms with Crippen LogP contribution in [0.2, 0.25) is 0 Å². The van der Waals surface area contributed by atoms with Crippen LogP contribution in [0.3, 0.4) is 0 Å². The molecule has 1 unspecified atom stereocenters. The van der Waals surface area contributed by atoms with E-state index in [1.807, 2.05) is 13.8 Å². The summed E-state index contributed by atoms with van der Waals surface area (Å²) < 4.78 is 13.0. The SMILES string of the molecule is CCC(CN)C(=O)Cc1cc(F)ccc1C. The Balaban J connectivity index is 2.80. The van der Waals surface area contributed by atoms with Gasteiger partial charge in [0.15, 0.2) is 0 Å². The quantitative estimate of drug-likeness (QED) is 0.831. The molecule has 0 radical (unpaired) electrons. The maximum absolute atomic E-state index is 13.0. The van der Waals surface area contributed by atoms with Gasteiger partial charge in [0.25, 0.3) is 0 Å². The van der Waals surface area contributed by atoms with Crippen LogP contribution >= 0.6 is 0 Å². The zero-order chi connectivity index (χ0) is 12.1. The van der Waals surface area contributed by atoms with Gasteiger partial charge >= 0.3 is 0 Å². The van der Waals surface area contributed by atoms with Crippen LogP contribution < -0.4 is 5.73 Å². The number of carbonyl (C=O) groups excluding carboxylic acids is 1. The molecule has 0 amide bonds. The number of aryl methyl sites for hydroxylation is 1. The third kappa shape index (κ3) is 3.14. The molecule has 0 spiro atoms. The Morgan fingerprint density at radius 1 is 1.50 bits per heavy atom. The second-order valence-electron chi connectivity index (χ2n) is 4.05. The fourth-order valence-electron chi connectivity index (χ4n) is 1.69. The molecule has 3 heteroatoms. The predicted octanol–water partition coefficient (Wildman–Crippen LogP) is 2.23. The van der Waals surface area contributed by atoms with Crippen LogP contribution in [0, 0.1) is 18.7 Å². The summed E-state index contributed by atoms with van der Waals surface area (Å²) in [6.07, 6.45) is 1.02. The van der Waals surface area contributed by atoms with E-state index in [2.05, 4.69) is 0 Å². The molecular weight excluding hydrogens is 205 g/mol. The first-order valence-corrected chi connectivity index (χ1v) is 5.56. The number of Topliss-reactive ketones (excluding diaryl/α,β-unsaturated/α-hetero) is 1. The highest BCUT2D eigenvalue weighted by atomic mass is 19.1. The van der Waals surface area contributed by atoms with E-state index in [-0.39, 0.29) is 23.9 Å². The average molecular weight is 223 g/mol. The smallest absolute Gasteiger partial charge is 0.141 e. The first-order valence-electron chi connectivity index (χ1n) is 5.56. The second kappa shape index (κ2) is 5.75. The largest absolute Gasteiger partial charge is 0.330 e. The molecule has 16 heavy (non-hydrogen) atoms. The van der Waals surface area contributed by atoms with Gasteiger partial charge in [-0.05, 0) is 36.6 Å². The van der Waals surface area contributed by atoms with Crippen molar-refractivity contribution in [3.8, 4) is 0 Å². The lowest BCUT2D eigenvalue weighted by molar-refractivity contribution is -0.122. The van der Waals surface area contributed by atoms with E-state index in [0.717, 1.165) is 17.5 Å². The van der Waals surface area contributed by atoms with Crippen LogP contribution in [0.25, 0.3) is 0 Å². The van der Waals surface area contributed by atoms with Crippen molar-refractivity contribution in [3.63, 3.8) is 0 Å². The second-order valence-corrected chi connectivity index (χ2v) is 4.05. The Labute approximate surface area is 95.7 Å². The van der Waals surface area contributed by atoms with Crippen LogP contribution in [-0.2, 0) is 11.2 Å². The summed E-state index contributed by atoms with van der Waals surface area (Å²) in [5.41, 5.74) is 7.22. The summed E-state index contributed by atoms with van der Waals surface area (Å²) in [6, 6.07) is 4.53. The van der Waals surface area contributed by atoms with E-state index < -0.39 is 0 Å². The highest BCUT2D eigenvalue weighted by molar-refractivity contribution is 5.83. The zero-order valence-electron chi connectivity index (χ0n) is 9.79. The highest BCUT2D eigenvalue weighted by Gasteiger charge is 2.15. The average Bonchev–Trinajstić information content (AvgIpc) is 2.25. The van der Waals surface area contributed by atoms with E-state index >= 15 is 0 Å². The molecule has 0 aromatic heterocycles. The van der Waals surface area contributed by atoms with Crippen LogP contribution in [0.1, 0.15) is 24.5 Å². The fourth-order valence-corrected chi connectivity index (χ4v) is 1.69. The Bertz CT molecular complexity index is 372. The van der Waals surface area contributed by atoms with Crippen molar-refractivity contribution in [2.45, 2.75) is 26.7 Å². The maximum Gasteiger partial charge on any atom is 0.141 e. The van der Waals surface area contributed by atoms with Gasteiger partial charge in [-0.15, -0.1) is 0 Å². The van der Waals surface area contributed by atoms with E-state index in [0.29, 0.717) is 6.54 Å². The molecular formula is C13H18FNO. The molecule has 0 aliphatic carbocycles. The summed E-state index contributed by atoms with van der Waals surface area (Å²) in [4.78, 5) is 11.8. The van der Waals surface area contributed by atoms with Crippen molar-refractivity contribution >= 4 is 5.78 Å². The molecule has 1 atom stereocenters. The minimum Gasteiger partial charge on any atom is -0.330 e. The van der Waals surface area contributed by atoms with Crippen molar-refractivity contribution in [2.75, 3.05) is 6.54 Å². The number of carbonyl (C=O) groups is 1. The fraction of sp³-hybridized carbons (Fsp3) is 0.462. The molecule has 1 aromatic rings.